The molecule has 2 nitrogen and oxygen atoms in total. The van der Waals surface area contributed by atoms with E-state index in [1.807, 2.05) is 0 Å². The van der Waals surface area contributed by atoms with E-state index in [0.29, 0.717) is 11.1 Å². The highest BCUT2D eigenvalue weighted by atomic mass is 19.4. The van der Waals surface area contributed by atoms with Gasteiger partial charge in [0.2, 0.25) is 0 Å². The van der Waals surface area contributed by atoms with Crippen LogP contribution in [-0.2, 0) is 12.4 Å². The summed E-state index contributed by atoms with van der Waals surface area (Å²) in [6.45, 7) is 0. The first kappa shape index (κ1) is 20.3. The lowest BCUT2D eigenvalue weighted by Gasteiger charge is -2.06. The topological polar surface area (TPSA) is 38.4 Å². The minimum Gasteiger partial charge on any atom is -0.323 e. The van der Waals surface area contributed by atoms with Crippen LogP contribution in [0.4, 0.5) is 26.3 Å². The van der Waals surface area contributed by atoms with E-state index in [2.05, 4.69) is 5.10 Å². The van der Waals surface area contributed by atoms with Gasteiger partial charge in [-0.25, -0.2) is 0 Å². The van der Waals surface area contributed by atoms with Crippen molar-refractivity contribution < 1.29 is 26.3 Å². The highest BCUT2D eigenvalue weighted by molar-refractivity contribution is 6.08. The smallest absolute Gasteiger partial charge is 0.323 e. The van der Waals surface area contributed by atoms with E-state index in [0.717, 1.165) is 24.3 Å². The number of hydrazone groups is 1. The van der Waals surface area contributed by atoms with Crippen molar-refractivity contribution in [3.05, 3.63) is 82.9 Å². The summed E-state index contributed by atoms with van der Waals surface area (Å²) in [5, 5.41) is 3.51. The van der Waals surface area contributed by atoms with Gasteiger partial charge in [-0.3, -0.25) is 0 Å². The predicted octanol–water partition coefficient (Wildman–Crippen LogP) is 5.77. The van der Waals surface area contributed by atoms with E-state index in [9.17, 15) is 26.3 Å². The summed E-state index contributed by atoms with van der Waals surface area (Å²) in [5.41, 5.74) is -0.210. The number of allylic oxidation sites excluding steroid dienone is 2. The Morgan fingerprint density at radius 3 is 1.26 bits per heavy atom. The van der Waals surface area contributed by atoms with Gasteiger partial charge in [0.15, 0.2) is 0 Å². The molecule has 0 aliphatic rings. The van der Waals surface area contributed by atoms with Crippen LogP contribution in [0.15, 0.2) is 65.8 Å². The standard InChI is InChI=1S/C19H14F6N2/c20-18(21,22)15-7-1-13(2-8-15)5-11-17(27-26)12-6-14-3-9-16(10-4-14)19(23,24)25/h1-12H,26H2. The van der Waals surface area contributed by atoms with Crippen molar-refractivity contribution >= 4 is 17.9 Å². The number of hydrogen-bond acceptors (Lipinski definition) is 2. The van der Waals surface area contributed by atoms with Gasteiger partial charge in [0.25, 0.3) is 0 Å². The highest BCUT2D eigenvalue weighted by Gasteiger charge is 2.30. The van der Waals surface area contributed by atoms with Crippen LogP contribution in [0.3, 0.4) is 0 Å². The van der Waals surface area contributed by atoms with E-state index in [1.54, 1.807) is 0 Å². The van der Waals surface area contributed by atoms with Gasteiger partial charge in [0, 0.05) is 0 Å². The van der Waals surface area contributed by atoms with E-state index in [4.69, 9.17) is 5.84 Å². The first-order valence-electron chi connectivity index (χ1n) is 7.58. The molecule has 0 aliphatic carbocycles. The Bertz CT molecular complexity index is 772. The number of alkyl halides is 6. The molecule has 0 aromatic heterocycles. The van der Waals surface area contributed by atoms with Gasteiger partial charge in [-0.1, -0.05) is 36.4 Å². The molecule has 142 valence electrons. The molecule has 0 amide bonds. The van der Waals surface area contributed by atoms with Crippen molar-refractivity contribution in [3.8, 4) is 0 Å². The molecule has 8 heteroatoms. The Morgan fingerprint density at radius 1 is 0.667 bits per heavy atom. The maximum atomic E-state index is 12.5. The molecule has 2 rings (SSSR count). The maximum Gasteiger partial charge on any atom is 0.416 e. The molecular formula is C19H14F6N2. The van der Waals surface area contributed by atoms with Crippen molar-refractivity contribution in [2.24, 2.45) is 10.9 Å². The number of halogens is 6. The van der Waals surface area contributed by atoms with Crippen molar-refractivity contribution in [2.75, 3.05) is 0 Å². The fraction of sp³-hybridized carbons (Fsp3) is 0.105. The molecule has 2 aromatic carbocycles. The Morgan fingerprint density at radius 2 is 1.00 bits per heavy atom. The average Bonchev–Trinajstić information content (AvgIpc) is 2.61. The summed E-state index contributed by atoms with van der Waals surface area (Å²) in [6.07, 6.45) is -2.83. The predicted molar refractivity (Wildman–Crippen MR) is 92.6 cm³/mol. The Balaban J connectivity index is 2.07. The second-order valence-electron chi connectivity index (χ2n) is 5.46. The van der Waals surface area contributed by atoms with E-state index in [-0.39, 0.29) is 5.71 Å². The van der Waals surface area contributed by atoms with Crippen molar-refractivity contribution in [2.45, 2.75) is 12.4 Å². The van der Waals surface area contributed by atoms with Gasteiger partial charge in [0.05, 0.1) is 16.8 Å². The third kappa shape index (κ3) is 6.02. The zero-order chi connectivity index (χ0) is 20.1. The van der Waals surface area contributed by atoms with E-state index < -0.39 is 23.5 Å². The minimum absolute atomic E-state index is 0.287. The maximum absolute atomic E-state index is 12.5. The van der Waals surface area contributed by atoms with Crippen LogP contribution in [0.1, 0.15) is 22.3 Å². The Hall–Kier alpha value is -3.03. The molecule has 0 saturated heterocycles. The summed E-state index contributed by atoms with van der Waals surface area (Å²) >= 11 is 0. The third-order valence-electron chi connectivity index (χ3n) is 3.52. The largest absolute Gasteiger partial charge is 0.416 e. The average molecular weight is 384 g/mol. The number of rotatable bonds is 4. The molecule has 0 saturated carbocycles. The van der Waals surface area contributed by atoms with Crippen LogP contribution >= 0.6 is 0 Å². The lowest BCUT2D eigenvalue weighted by Crippen LogP contribution is -2.04. The summed E-state index contributed by atoms with van der Waals surface area (Å²) in [5.74, 6) is 5.25. The first-order chi connectivity index (χ1) is 12.6. The number of benzene rings is 2. The van der Waals surface area contributed by atoms with Gasteiger partial charge >= 0.3 is 12.4 Å². The highest BCUT2D eigenvalue weighted by Crippen LogP contribution is 2.30. The second kappa shape index (κ2) is 8.11. The lowest BCUT2D eigenvalue weighted by atomic mass is 10.1. The molecule has 0 radical (unpaired) electrons. The van der Waals surface area contributed by atoms with Crippen LogP contribution in [-0.4, -0.2) is 5.71 Å². The van der Waals surface area contributed by atoms with Gasteiger partial charge in [-0.15, -0.1) is 0 Å². The molecule has 27 heavy (non-hydrogen) atoms. The number of hydrogen-bond donors (Lipinski definition) is 1. The van der Waals surface area contributed by atoms with Crippen LogP contribution < -0.4 is 5.84 Å². The molecule has 0 bridgehead atoms. The third-order valence-corrected chi connectivity index (χ3v) is 3.52. The van der Waals surface area contributed by atoms with E-state index in [1.165, 1.54) is 48.6 Å². The number of nitrogens with zero attached hydrogens (tertiary/aromatic N) is 1. The monoisotopic (exact) mass is 384 g/mol. The van der Waals surface area contributed by atoms with Crippen molar-refractivity contribution in [1.29, 1.82) is 0 Å². The van der Waals surface area contributed by atoms with Crippen LogP contribution in [0.2, 0.25) is 0 Å². The Labute approximate surface area is 151 Å². The molecular weight excluding hydrogens is 370 g/mol. The zero-order valence-corrected chi connectivity index (χ0v) is 13.7. The lowest BCUT2D eigenvalue weighted by molar-refractivity contribution is -0.138. The molecule has 0 spiro atoms. The summed E-state index contributed by atoms with van der Waals surface area (Å²) in [7, 11) is 0. The Kier molecular flexibility index (Phi) is 6.09. The summed E-state index contributed by atoms with van der Waals surface area (Å²) in [6, 6.07) is 9.02. The molecule has 2 aromatic rings. The number of nitrogens with two attached hydrogens (primary N) is 1. The fourth-order valence-corrected chi connectivity index (χ4v) is 2.07. The normalized spacial score (nSPS) is 12.7. The first-order valence-corrected chi connectivity index (χ1v) is 7.58. The van der Waals surface area contributed by atoms with Crippen LogP contribution in [0.25, 0.3) is 12.2 Å². The van der Waals surface area contributed by atoms with Crippen molar-refractivity contribution in [3.63, 3.8) is 0 Å². The van der Waals surface area contributed by atoms with Gasteiger partial charge in [0.1, 0.15) is 0 Å². The minimum atomic E-state index is -4.41. The zero-order valence-electron chi connectivity index (χ0n) is 13.7. The summed E-state index contributed by atoms with van der Waals surface area (Å²) < 4.78 is 75.1. The molecule has 0 heterocycles. The SMILES string of the molecule is NN=C(C=Cc1ccc(C(F)(F)F)cc1)C=Cc1ccc(C(F)(F)F)cc1. The molecule has 2 N–H and O–H groups in total. The fourth-order valence-electron chi connectivity index (χ4n) is 2.07. The van der Waals surface area contributed by atoms with Crippen LogP contribution in [0, 0.1) is 0 Å². The quantitative estimate of drug-likeness (QED) is 0.309. The molecule has 0 fully saturated rings. The van der Waals surface area contributed by atoms with Crippen LogP contribution in [0.5, 0.6) is 0 Å². The van der Waals surface area contributed by atoms with Gasteiger partial charge in [-0.2, -0.15) is 31.4 Å². The van der Waals surface area contributed by atoms with E-state index >= 15 is 0 Å². The van der Waals surface area contributed by atoms with Gasteiger partial charge in [-0.05, 0) is 47.5 Å². The second-order valence-corrected chi connectivity index (χ2v) is 5.46. The molecule has 0 atom stereocenters. The summed E-state index contributed by atoms with van der Waals surface area (Å²) in [4.78, 5) is 0. The molecule has 0 aliphatic heterocycles. The van der Waals surface area contributed by atoms with Gasteiger partial charge < -0.3 is 5.84 Å². The van der Waals surface area contributed by atoms with Crippen molar-refractivity contribution in [1.82, 2.24) is 0 Å². The molecule has 0 unspecified atom stereocenters.